The number of ether oxygens (including phenoxy) is 3. The minimum absolute atomic E-state index is 0.196. The van der Waals surface area contributed by atoms with E-state index in [1.165, 1.54) is 14.2 Å². The highest BCUT2D eigenvalue weighted by Gasteiger charge is 2.22. The lowest BCUT2D eigenvalue weighted by Crippen LogP contribution is -2.22. The summed E-state index contributed by atoms with van der Waals surface area (Å²) >= 11 is 0. The molecule has 1 fully saturated rings. The van der Waals surface area contributed by atoms with Crippen molar-refractivity contribution in [2.24, 2.45) is 0 Å². The van der Waals surface area contributed by atoms with Crippen molar-refractivity contribution in [3.05, 3.63) is 22.4 Å². The molecule has 0 atom stereocenters. The van der Waals surface area contributed by atoms with Gasteiger partial charge in [0.05, 0.1) is 12.2 Å². The van der Waals surface area contributed by atoms with Gasteiger partial charge in [-0.25, -0.2) is 9.67 Å². The highest BCUT2D eigenvalue weighted by molar-refractivity contribution is 5.73. The fraction of sp³-hybridized carbons (Fsp3) is 0.615. The van der Waals surface area contributed by atoms with Crippen molar-refractivity contribution >= 4 is 11.0 Å². The highest BCUT2D eigenvalue weighted by atomic mass is 16.7. The van der Waals surface area contributed by atoms with E-state index in [-0.39, 0.29) is 11.6 Å². The van der Waals surface area contributed by atoms with Gasteiger partial charge in [-0.2, -0.15) is 5.10 Å². The van der Waals surface area contributed by atoms with E-state index in [1.54, 1.807) is 10.9 Å². The first-order chi connectivity index (χ1) is 10.2. The second kappa shape index (κ2) is 5.92. The summed E-state index contributed by atoms with van der Waals surface area (Å²) < 4.78 is 17.5. The van der Waals surface area contributed by atoms with Gasteiger partial charge in [-0.05, 0) is 12.8 Å². The van der Waals surface area contributed by atoms with Crippen LogP contribution in [0.2, 0.25) is 0 Å². The molecular weight excluding hydrogens is 276 g/mol. The quantitative estimate of drug-likeness (QED) is 0.837. The van der Waals surface area contributed by atoms with Gasteiger partial charge >= 0.3 is 0 Å². The maximum atomic E-state index is 12.1. The zero-order valence-electron chi connectivity index (χ0n) is 12.0. The number of nitrogens with zero attached hydrogens (tertiary/aromatic N) is 3. The third-order valence-corrected chi connectivity index (χ3v) is 3.67. The minimum Gasteiger partial charge on any atom is -0.381 e. The molecule has 1 saturated heterocycles. The van der Waals surface area contributed by atoms with E-state index >= 15 is 0 Å². The zero-order valence-corrected chi connectivity index (χ0v) is 12.0. The van der Waals surface area contributed by atoms with Crippen LogP contribution in [0.3, 0.4) is 0 Å². The molecule has 0 amide bonds. The van der Waals surface area contributed by atoms with Crippen LogP contribution in [0, 0.1) is 0 Å². The van der Waals surface area contributed by atoms with Crippen LogP contribution in [0.15, 0.2) is 11.0 Å². The topological polar surface area (TPSA) is 91.3 Å². The molecule has 1 N–H and O–H groups in total. The molecule has 8 heteroatoms. The van der Waals surface area contributed by atoms with Crippen LogP contribution in [0.4, 0.5) is 0 Å². The van der Waals surface area contributed by atoms with Crippen LogP contribution in [0.25, 0.3) is 11.0 Å². The molecule has 3 heterocycles. The Morgan fingerprint density at radius 3 is 2.76 bits per heavy atom. The predicted molar refractivity (Wildman–Crippen MR) is 74.0 cm³/mol. The third-order valence-electron chi connectivity index (χ3n) is 3.67. The van der Waals surface area contributed by atoms with Gasteiger partial charge in [-0.1, -0.05) is 0 Å². The molecule has 0 bridgehead atoms. The van der Waals surface area contributed by atoms with E-state index in [4.69, 9.17) is 14.2 Å². The smallest absolute Gasteiger partial charge is 0.262 e. The Morgan fingerprint density at radius 1 is 1.38 bits per heavy atom. The van der Waals surface area contributed by atoms with E-state index in [0.717, 1.165) is 12.8 Å². The van der Waals surface area contributed by atoms with Crippen LogP contribution in [0.5, 0.6) is 0 Å². The number of aromatic amines is 1. The first-order valence-corrected chi connectivity index (χ1v) is 6.85. The molecule has 0 saturated carbocycles. The Bertz CT molecular complexity index is 670. The first kappa shape index (κ1) is 14.2. The Hall–Kier alpha value is -1.77. The Balaban J connectivity index is 2.08. The highest BCUT2D eigenvalue weighted by Crippen LogP contribution is 2.23. The van der Waals surface area contributed by atoms with Crippen molar-refractivity contribution in [3.8, 4) is 0 Å². The van der Waals surface area contributed by atoms with Gasteiger partial charge in [0.25, 0.3) is 5.56 Å². The van der Waals surface area contributed by atoms with E-state index in [0.29, 0.717) is 30.1 Å². The van der Waals surface area contributed by atoms with E-state index in [1.807, 2.05) is 0 Å². The van der Waals surface area contributed by atoms with Crippen LogP contribution < -0.4 is 5.56 Å². The largest absolute Gasteiger partial charge is 0.381 e. The average molecular weight is 294 g/mol. The third kappa shape index (κ3) is 2.57. The minimum atomic E-state index is -0.708. The number of rotatable bonds is 4. The molecule has 3 rings (SSSR count). The predicted octanol–water partition coefficient (Wildman–Crippen LogP) is 0.762. The van der Waals surface area contributed by atoms with Gasteiger partial charge in [-0.15, -0.1) is 0 Å². The zero-order chi connectivity index (χ0) is 14.8. The average Bonchev–Trinajstić information content (AvgIpc) is 2.94. The second-order valence-electron chi connectivity index (χ2n) is 4.92. The lowest BCUT2D eigenvalue weighted by atomic mass is 10.1. The van der Waals surface area contributed by atoms with Gasteiger partial charge in [-0.3, -0.25) is 4.79 Å². The number of fused-ring (bicyclic) bond motifs is 1. The molecule has 0 aromatic carbocycles. The van der Waals surface area contributed by atoms with Crippen LogP contribution >= 0.6 is 0 Å². The molecule has 8 nitrogen and oxygen atoms in total. The summed E-state index contributed by atoms with van der Waals surface area (Å²) in [4.78, 5) is 19.3. The summed E-state index contributed by atoms with van der Waals surface area (Å²) in [6.07, 6.45) is 2.56. The molecule has 0 radical (unpaired) electrons. The van der Waals surface area contributed by atoms with Crippen molar-refractivity contribution in [1.82, 2.24) is 19.7 Å². The lowest BCUT2D eigenvalue weighted by Gasteiger charge is -2.22. The summed E-state index contributed by atoms with van der Waals surface area (Å²) in [5.74, 6) is 0.339. The summed E-state index contributed by atoms with van der Waals surface area (Å²) in [6, 6.07) is 0.196. The number of nitrogens with one attached hydrogen (secondary N) is 1. The number of methoxy groups -OCH3 is 2. The summed E-state index contributed by atoms with van der Waals surface area (Å²) in [5, 5.41) is 4.80. The number of hydrogen-bond donors (Lipinski definition) is 1. The van der Waals surface area contributed by atoms with Crippen molar-refractivity contribution < 1.29 is 14.2 Å². The van der Waals surface area contributed by atoms with Crippen LogP contribution in [-0.4, -0.2) is 47.2 Å². The number of H-pyrrole nitrogens is 1. The summed E-state index contributed by atoms with van der Waals surface area (Å²) in [6.45, 7) is 1.39. The van der Waals surface area contributed by atoms with Gasteiger partial charge in [0.15, 0.2) is 11.5 Å². The molecule has 0 unspecified atom stereocenters. The van der Waals surface area contributed by atoms with Crippen molar-refractivity contribution in [1.29, 1.82) is 0 Å². The van der Waals surface area contributed by atoms with Gasteiger partial charge in [0.2, 0.25) is 6.29 Å². The first-order valence-electron chi connectivity index (χ1n) is 6.85. The van der Waals surface area contributed by atoms with Crippen LogP contribution in [0.1, 0.15) is 31.0 Å². The van der Waals surface area contributed by atoms with Gasteiger partial charge < -0.3 is 19.2 Å². The molecule has 2 aromatic rings. The standard InChI is InChI=1S/C13H18N4O4/c1-19-13(20-2)10-15-11-9(12(18)16-10)7-14-17(11)8-3-5-21-6-4-8/h7-8,13H,3-6H2,1-2H3,(H,15,16,18). The summed E-state index contributed by atoms with van der Waals surface area (Å²) in [5.41, 5.74) is 0.312. The molecule has 21 heavy (non-hydrogen) atoms. The molecule has 0 spiro atoms. The van der Waals surface area contributed by atoms with Crippen molar-refractivity contribution in [2.45, 2.75) is 25.2 Å². The Morgan fingerprint density at radius 2 is 2.10 bits per heavy atom. The normalized spacial score (nSPS) is 16.9. The SMILES string of the molecule is COC(OC)c1nc2c(cnn2C2CCOCC2)c(=O)[nH]1. The molecule has 1 aliphatic rings. The molecular formula is C13H18N4O4. The van der Waals surface area contributed by atoms with E-state index < -0.39 is 6.29 Å². The fourth-order valence-corrected chi connectivity index (χ4v) is 2.58. The summed E-state index contributed by atoms with van der Waals surface area (Å²) in [7, 11) is 2.99. The van der Waals surface area contributed by atoms with Gasteiger partial charge in [0, 0.05) is 27.4 Å². The Labute approximate surface area is 121 Å². The maximum Gasteiger partial charge on any atom is 0.262 e. The number of hydrogen-bond acceptors (Lipinski definition) is 6. The van der Waals surface area contributed by atoms with Crippen molar-refractivity contribution in [3.63, 3.8) is 0 Å². The van der Waals surface area contributed by atoms with E-state index in [2.05, 4.69) is 15.1 Å². The molecule has 2 aromatic heterocycles. The van der Waals surface area contributed by atoms with E-state index in [9.17, 15) is 4.79 Å². The molecule has 1 aliphatic heterocycles. The van der Waals surface area contributed by atoms with Gasteiger partial charge in [0.1, 0.15) is 5.39 Å². The maximum absolute atomic E-state index is 12.1. The number of aromatic nitrogens is 4. The second-order valence-corrected chi connectivity index (χ2v) is 4.92. The Kier molecular flexibility index (Phi) is 4.00. The fourth-order valence-electron chi connectivity index (χ4n) is 2.58. The molecule has 0 aliphatic carbocycles. The lowest BCUT2D eigenvalue weighted by molar-refractivity contribution is -0.111. The monoisotopic (exact) mass is 294 g/mol. The van der Waals surface area contributed by atoms with Crippen LogP contribution in [-0.2, 0) is 14.2 Å². The molecule has 114 valence electrons. The van der Waals surface area contributed by atoms with Crippen molar-refractivity contribution in [2.75, 3.05) is 27.4 Å².